The van der Waals surface area contributed by atoms with Crippen LogP contribution in [0.4, 0.5) is 5.69 Å². The first-order valence-corrected chi connectivity index (χ1v) is 7.55. The smallest absolute Gasteiger partial charge is 0.142 e. The van der Waals surface area contributed by atoms with Crippen LogP contribution in [-0.4, -0.2) is 32.4 Å². The number of nitrogens with zero attached hydrogens (tertiary/aromatic N) is 1. The SMILES string of the molecule is COc1ccccc1N(C)CC1(CO)CCC(C)CC1. The summed E-state index contributed by atoms with van der Waals surface area (Å²) >= 11 is 0. The maximum absolute atomic E-state index is 9.89. The summed E-state index contributed by atoms with van der Waals surface area (Å²) in [6.07, 6.45) is 4.68. The quantitative estimate of drug-likeness (QED) is 0.896. The molecule has 20 heavy (non-hydrogen) atoms. The van der Waals surface area contributed by atoms with E-state index >= 15 is 0 Å². The molecule has 0 saturated heterocycles. The molecule has 0 unspecified atom stereocenters. The average Bonchev–Trinajstić information content (AvgIpc) is 2.49. The summed E-state index contributed by atoms with van der Waals surface area (Å²) in [5.41, 5.74) is 1.14. The molecule has 0 amide bonds. The van der Waals surface area contributed by atoms with E-state index in [2.05, 4.69) is 24.9 Å². The Hall–Kier alpha value is -1.22. The van der Waals surface area contributed by atoms with Crippen molar-refractivity contribution in [3.05, 3.63) is 24.3 Å². The molecule has 0 atom stereocenters. The molecular formula is C17H27NO2. The van der Waals surface area contributed by atoms with E-state index in [0.717, 1.165) is 36.7 Å². The maximum Gasteiger partial charge on any atom is 0.142 e. The van der Waals surface area contributed by atoms with Crippen LogP contribution in [0.15, 0.2) is 24.3 Å². The molecule has 1 N–H and O–H groups in total. The van der Waals surface area contributed by atoms with Gasteiger partial charge in [-0.1, -0.05) is 31.9 Å². The standard InChI is InChI=1S/C17H27NO2/c1-14-8-10-17(13-19,11-9-14)12-18(2)15-6-4-5-7-16(15)20-3/h4-7,14,19H,8-13H2,1-3H3. The Morgan fingerprint density at radius 3 is 2.55 bits per heavy atom. The Morgan fingerprint density at radius 1 is 1.30 bits per heavy atom. The van der Waals surface area contributed by atoms with E-state index in [-0.39, 0.29) is 12.0 Å². The zero-order valence-electron chi connectivity index (χ0n) is 12.9. The third kappa shape index (κ3) is 3.26. The van der Waals surface area contributed by atoms with Gasteiger partial charge in [-0.05, 0) is 30.9 Å². The Labute approximate surface area is 122 Å². The van der Waals surface area contributed by atoms with Gasteiger partial charge in [0.1, 0.15) is 5.75 Å². The fourth-order valence-corrected chi connectivity index (χ4v) is 3.27. The summed E-state index contributed by atoms with van der Waals surface area (Å²) in [7, 11) is 3.80. The molecule has 0 radical (unpaired) electrons. The van der Waals surface area contributed by atoms with Crippen molar-refractivity contribution < 1.29 is 9.84 Å². The molecule has 1 aromatic carbocycles. The highest BCUT2D eigenvalue weighted by Gasteiger charge is 2.35. The number of anilines is 1. The van der Waals surface area contributed by atoms with Crippen molar-refractivity contribution in [2.75, 3.05) is 32.2 Å². The monoisotopic (exact) mass is 277 g/mol. The first-order valence-electron chi connectivity index (χ1n) is 7.55. The van der Waals surface area contributed by atoms with Gasteiger partial charge in [-0.3, -0.25) is 0 Å². The number of hydrogen-bond donors (Lipinski definition) is 1. The average molecular weight is 277 g/mol. The minimum atomic E-state index is 0.0438. The van der Waals surface area contributed by atoms with Crippen molar-refractivity contribution in [2.24, 2.45) is 11.3 Å². The van der Waals surface area contributed by atoms with Gasteiger partial charge in [-0.25, -0.2) is 0 Å². The highest BCUT2D eigenvalue weighted by Crippen LogP contribution is 2.40. The van der Waals surface area contributed by atoms with E-state index in [1.807, 2.05) is 18.2 Å². The van der Waals surface area contributed by atoms with Crippen molar-refractivity contribution in [3.8, 4) is 5.75 Å². The highest BCUT2D eigenvalue weighted by atomic mass is 16.5. The number of aliphatic hydroxyl groups is 1. The molecule has 1 aromatic rings. The number of rotatable bonds is 5. The van der Waals surface area contributed by atoms with Crippen molar-refractivity contribution in [3.63, 3.8) is 0 Å². The first-order chi connectivity index (χ1) is 9.60. The summed E-state index contributed by atoms with van der Waals surface area (Å²) in [6.45, 7) is 3.47. The van der Waals surface area contributed by atoms with E-state index in [0.29, 0.717) is 0 Å². The molecule has 3 nitrogen and oxygen atoms in total. The van der Waals surface area contributed by atoms with Gasteiger partial charge >= 0.3 is 0 Å². The molecular weight excluding hydrogens is 250 g/mol. The normalized spacial score (nSPS) is 26.3. The Balaban J connectivity index is 2.11. The van der Waals surface area contributed by atoms with Crippen LogP contribution in [0, 0.1) is 11.3 Å². The van der Waals surface area contributed by atoms with Crippen LogP contribution in [0.25, 0.3) is 0 Å². The summed E-state index contributed by atoms with van der Waals surface area (Å²) in [5, 5.41) is 9.89. The van der Waals surface area contributed by atoms with Crippen molar-refractivity contribution in [2.45, 2.75) is 32.6 Å². The fraction of sp³-hybridized carbons (Fsp3) is 0.647. The Kier molecular flexibility index (Phi) is 4.92. The predicted molar refractivity (Wildman–Crippen MR) is 83.4 cm³/mol. The zero-order chi connectivity index (χ0) is 14.6. The molecule has 112 valence electrons. The Morgan fingerprint density at radius 2 is 1.95 bits per heavy atom. The van der Waals surface area contributed by atoms with Gasteiger partial charge in [0.15, 0.2) is 0 Å². The minimum absolute atomic E-state index is 0.0438. The van der Waals surface area contributed by atoms with Gasteiger partial charge in [0.2, 0.25) is 0 Å². The minimum Gasteiger partial charge on any atom is -0.495 e. The van der Waals surface area contributed by atoms with Gasteiger partial charge in [-0.15, -0.1) is 0 Å². The number of aliphatic hydroxyl groups excluding tert-OH is 1. The molecule has 2 rings (SSSR count). The number of hydrogen-bond acceptors (Lipinski definition) is 3. The second-order valence-corrected chi connectivity index (χ2v) is 6.37. The van der Waals surface area contributed by atoms with Gasteiger partial charge in [0.05, 0.1) is 19.4 Å². The molecule has 0 bridgehead atoms. The van der Waals surface area contributed by atoms with Crippen LogP contribution in [0.3, 0.4) is 0 Å². The number of ether oxygens (including phenoxy) is 1. The molecule has 1 saturated carbocycles. The van der Waals surface area contributed by atoms with Crippen LogP contribution in [-0.2, 0) is 0 Å². The second-order valence-electron chi connectivity index (χ2n) is 6.37. The topological polar surface area (TPSA) is 32.7 Å². The largest absolute Gasteiger partial charge is 0.495 e. The molecule has 0 heterocycles. The number of benzene rings is 1. The van der Waals surface area contributed by atoms with Crippen LogP contribution in [0.2, 0.25) is 0 Å². The third-order valence-corrected chi connectivity index (χ3v) is 4.74. The van der Waals surface area contributed by atoms with E-state index in [4.69, 9.17) is 4.74 Å². The third-order valence-electron chi connectivity index (χ3n) is 4.74. The van der Waals surface area contributed by atoms with Crippen molar-refractivity contribution in [1.82, 2.24) is 0 Å². The molecule has 0 spiro atoms. The maximum atomic E-state index is 9.89. The van der Waals surface area contributed by atoms with E-state index in [1.54, 1.807) is 7.11 Å². The molecule has 0 aliphatic heterocycles. The van der Waals surface area contributed by atoms with E-state index < -0.39 is 0 Å². The molecule has 1 fully saturated rings. The van der Waals surface area contributed by atoms with Crippen molar-refractivity contribution >= 4 is 5.69 Å². The van der Waals surface area contributed by atoms with E-state index in [1.165, 1.54) is 12.8 Å². The molecule has 0 aromatic heterocycles. The molecule has 3 heteroatoms. The highest BCUT2D eigenvalue weighted by molar-refractivity contribution is 5.58. The van der Waals surface area contributed by atoms with Crippen LogP contribution >= 0.6 is 0 Å². The zero-order valence-corrected chi connectivity index (χ0v) is 12.9. The van der Waals surface area contributed by atoms with Crippen molar-refractivity contribution in [1.29, 1.82) is 0 Å². The summed E-state index contributed by atoms with van der Waals surface area (Å²) in [6, 6.07) is 8.08. The predicted octanol–water partition coefficient (Wildman–Crippen LogP) is 3.32. The van der Waals surface area contributed by atoms with Gasteiger partial charge in [-0.2, -0.15) is 0 Å². The summed E-state index contributed by atoms with van der Waals surface area (Å²) < 4.78 is 5.44. The number of para-hydroxylation sites is 2. The summed E-state index contributed by atoms with van der Waals surface area (Å²) in [5.74, 6) is 1.69. The lowest BCUT2D eigenvalue weighted by molar-refractivity contribution is 0.0739. The Bertz CT molecular complexity index is 425. The lowest BCUT2D eigenvalue weighted by atomic mass is 9.71. The molecule has 1 aliphatic carbocycles. The van der Waals surface area contributed by atoms with Gasteiger partial charge in [0.25, 0.3) is 0 Å². The lowest BCUT2D eigenvalue weighted by Gasteiger charge is -2.41. The second kappa shape index (κ2) is 6.49. The lowest BCUT2D eigenvalue weighted by Crippen LogP contribution is -2.41. The van der Waals surface area contributed by atoms with Crippen LogP contribution < -0.4 is 9.64 Å². The fourth-order valence-electron chi connectivity index (χ4n) is 3.27. The molecule has 1 aliphatic rings. The van der Waals surface area contributed by atoms with Gasteiger partial charge in [0, 0.05) is 19.0 Å². The van der Waals surface area contributed by atoms with Crippen LogP contribution in [0.5, 0.6) is 5.75 Å². The van der Waals surface area contributed by atoms with Crippen LogP contribution in [0.1, 0.15) is 32.6 Å². The van der Waals surface area contributed by atoms with E-state index in [9.17, 15) is 5.11 Å². The number of methoxy groups -OCH3 is 1. The summed E-state index contributed by atoms with van der Waals surface area (Å²) in [4.78, 5) is 2.23. The first kappa shape index (κ1) is 15.2. The van der Waals surface area contributed by atoms with Gasteiger partial charge < -0.3 is 14.7 Å².